The van der Waals surface area contributed by atoms with Crippen LogP contribution < -0.4 is 10.5 Å². The van der Waals surface area contributed by atoms with Crippen LogP contribution in [0.4, 0.5) is 4.79 Å². The third-order valence-corrected chi connectivity index (χ3v) is 4.21. The highest BCUT2D eigenvalue weighted by molar-refractivity contribution is 7.87. The van der Waals surface area contributed by atoms with E-state index in [9.17, 15) is 13.2 Å². The third-order valence-electron chi connectivity index (χ3n) is 2.69. The van der Waals surface area contributed by atoms with Crippen molar-refractivity contribution in [3.63, 3.8) is 0 Å². The fraction of sp³-hybridized carbons (Fsp3) is 0.900. The molecule has 7 nitrogen and oxygen atoms in total. The molecule has 0 aromatic heterocycles. The smallest absolute Gasteiger partial charge is 0.422 e. The molecule has 1 atom stereocenters. The standard InChI is InChI=1S/C10H21N3O4S/c1-8(2)17-10(14)12-18(15,16)13-7-3-4-9(13)5-6-11/h8-9H,3-7,11H2,1-2H3,(H,12,14). The van der Waals surface area contributed by atoms with Gasteiger partial charge >= 0.3 is 16.3 Å². The zero-order valence-corrected chi connectivity index (χ0v) is 11.6. The van der Waals surface area contributed by atoms with Gasteiger partial charge in [0.05, 0.1) is 6.10 Å². The van der Waals surface area contributed by atoms with E-state index in [2.05, 4.69) is 0 Å². The quantitative estimate of drug-likeness (QED) is 0.747. The Morgan fingerprint density at radius 3 is 2.78 bits per heavy atom. The van der Waals surface area contributed by atoms with E-state index in [-0.39, 0.29) is 12.1 Å². The molecule has 3 N–H and O–H groups in total. The van der Waals surface area contributed by atoms with Crippen molar-refractivity contribution < 1.29 is 17.9 Å². The molecule has 0 saturated carbocycles. The van der Waals surface area contributed by atoms with Crippen LogP contribution in [0, 0.1) is 0 Å². The lowest BCUT2D eigenvalue weighted by Crippen LogP contribution is -2.46. The van der Waals surface area contributed by atoms with E-state index < -0.39 is 16.3 Å². The van der Waals surface area contributed by atoms with Crippen LogP contribution >= 0.6 is 0 Å². The van der Waals surface area contributed by atoms with Crippen molar-refractivity contribution in [3.8, 4) is 0 Å². The van der Waals surface area contributed by atoms with E-state index in [4.69, 9.17) is 10.5 Å². The summed E-state index contributed by atoms with van der Waals surface area (Å²) in [5.74, 6) is 0. The Morgan fingerprint density at radius 2 is 2.22 bits per heavy atom. The summed E-state index contributed by atoms with van der Waals surface area (Å²) in [6.07, 6.45) is 0.851. The fourth-order valence-corrected chi connectivity index (χ4v) is 3.36. The normalized spacial score (nSPS) is 21.2. The summed E-state index contributed by atoms with van der Waals surface area (Å²) in [6.45, 7) is 4.14. The highest BCUT2D eigenvalue weighted by Gasteiger charge is 2.35. The maximum atomic E-state index is 12.0. The Hall–Kier alpha value is -0.860. The number of hydrogen-bond donors (Lipinski definition) is 2. The Bertz CT molecular complexity index is 383. The maximum absolute atomic E-state index is 12.0. The molecule has 8 heteroatoms. The summed E-state index contributed by atoms with van der Waals surface area (Å²) in [5, 5.41) is 0. The number of rotatable bonds is 5. The fourth-order valence-electron chi connectivity index (χ4n) is 2.01. The van der Waals surface area contributed by atoms with Crippen LogP contribution in [0.25, 0.3) is 0 Å². The SMILES string of the molecule is CC(C)OC(=O)NS(=O)(=O)N1CCCC1CCN. The second-order valence-electron chi connectivity index (χ2n) is 4.55. The molecule has 106 valence electrons. The lowest BCUT2D eigenvalue weighted by molar-refractivity contribution is 0.121. The van der Waals surface area contributed by atoms with E-state index in [0.717, 1.165) is 12.8 Å². The number of amides is 1. The van der Waals surface area contributed by atoms with E-state index in [1.54, 1.807) is 13.8 Å². The van der Waals surface area contributed by atoms with Crippen molar-refractivity contribution >= 4 is 16.3 Å². The largest absolute Gasteiger partial charge is 0.446 e. The van der Waals surface area contributed by atoms with Crippen molar-refractivity contribution in [2.45, 2.75) is 45.3 Å². The predicted octanol–water partition coefficient (Wildman–Crippen LogP) is 0.179. The predicted molar refractivity (Wildman–Crippen MR) is 67.1 cm³/mol. The number of nitrogens with one attached hydrogen (secondary N) is 1. The molecule has 1 amide bonds. The average Bonchev–Trinajstić information content (AvgIpc) is 2.64. The van der Waals surface area contributed by atoms with E-state index >= 15 is 0 Å². The molecule has 1 heterocycles. The summed E-state index contributed by atoms with van der Waals surface area (Å²) in [5.41, 5.74) is 5.45. The molecule has 1 unspecified atom stereocenters. The number of nitrogens with two attached hydrogens (primary N) is 1. The van der Waals surface area contributed by atoms with E-state index in [1.807, 2.05) is 4.72 Å². The van der Waals surface area contributed by atoms with Crippen molar-refractivity contribution in [1.29, 1.82) is 0 Å². The van der Waals surface area contributed by atoms with Crippen molar-refractivity contribution in [2.75, 3.05) is 13.1 Å². The van der Waals surface area contributed by atoms with Crippen molar-refractivity contribution in [1.82, 2.24) is 9.03 Å². The Labute approximate surface area is 108 Å². The van der Waals surface area contributed by atoms with Crippen molar-refractivity contribution in [3.05, 3.63) is 0 Å². The molecule has 1 saturated heterocycles. The van der Waals surface area contributed by atoms with Gasteiger partial charge < -0.3 is 10.5 Å². The molecular formula is C10H21N3O4S. The molecule has 0 radical (unpaired) electrons. The highest BCUT2D eigenvalue weighted by atomic mass is 32.2. The van der Waals surface area contributed by atoms with Crippen LogP contribution in [0.2, 0.25) is 0 Å². The Balaban J connectivity index is 2.65. The minimum Gasteiger partial charge on any atom is -0.446 e. The van der Waals surface area contributed by atoms with E-state index in [1.165, 1.54) is 4.31 Å². The van der Waals surface area contributed by atoms with Gasteiger partial charge in [-0.05, 0) is 39.7 Å². The van der Waals surface area contributed by atoms with Crippen molar-refractivity contribution in [2.24, 2.45) is 5.73 Å². The van der Waals surface area contributed by atoms with Gasteiger partial charge in [-0.2, -0.15) is 12.7 Å². The van der Waals surface area contributed by atoms with E-state index in [0.29, 0.717) is 19.5 Å². The monoisotopic (exact) mass is 279 g/mol. The van der Waals surface area contributed by atoms with Gasteiger partial charge in [0.15, 0.2) is 0 Å². The average molecular weight is 279 g/mol. The first-order valence-electron chi connectivity index (χ1n) is 6.07. The van der Waals surface area contributed by atoms with Gasteiger partial charge in [-0.1, -0.05) is 0 Å². The molecule has 0 spiro atoms. The van der Waals surface area contributed by atoms with Gasteiger partial charge in [0.25, 0.3) is 0 Å². The summed E-state index contributed by atoms with van der Waals surface area (Å²) in [4.78, 5) is 11.3. The van der Waals surface area contributed by atoms with Gasteiger partial charge in [0.2, 0.25) is 0 Å². The summed E-state index contributed by atoms with van der Waals surface area (Å²) in [6, 6.07) is -0.126. The van der Waals surface area contributed by atoms with Crippen LogP contribution in [-0.2, 0) is 14.9 Å². The van der Waals surface area contributed by atoms with Gasteiger partial charge in [0, 0.05) is 12.6 Å². The van der Waals surface area contributed by atoms with Crippen LogP contribution in [0.1, 0.15) is 33.1 Å². The zero-order chi connectivity index (χ0) is 13.8. The van der Waals surface area contributed by atoms with Gasteiger partial charge in [-0.3, -0.25) is 0 Å². The van der Waals surface area contributed by atoms with Gasteiger partial charge in [0.1, 0.15) is 0 Å². The lowest BCUT2D eigenvalue weighted by Gasteiger charge is -2.23. The third kappa shape index (κ3) is 4.11. The zero-order valence-electron chi connectivity index (χ0n) is 10.8. The number of ether oxygens (including phenoxy) is 1. The number of hydrogen-bond acceptors (Lipinski definition) is 5. The molecule has 1 fully saturated rings. The maximum Gasteiger partial charge on any atom is 0.422 e. The Kier molecular flexibility index (Phi) is 5.36. The van der Waals surface area contributed by atoms with Crippen LogP contribution in [-0.4, -0.2) is 44.1 Å². The number of carbonyl (C=O) groups is 1. The minimum atomic E-state index is -3.82. The lowest BCUT2D eigenvalue weighted by atomic mass is 10.2. The Morgan fingerprint density at radius 1 is 1.56 bits per heavy atom. The second-order valence-corrected chi connectivity index (χ2v) is 6.17. The van der Waals surface area contributed by atoms with Crippen LogP contribution in [0.15, 0.2) is 0 Å². The summed E-state index contributed by atoms with van der Waals surface area (Å²) < 4.78 is 31.9. The van der Waals surface area contributed by atoms with Crippen LogP contribution in [0.3, 0.4) is 0 Å². The molecule has 0 aromatic rings. The first kappa shape index (κ1) is 15.2. The highest BCUT2D eigenvalue weighted by Crippen LogP contribution is 2.22. The summed E-state index contributed by atoms with van der Waals surface area (Å²) >= 11 is 0. The molecular weight excluding hydrogens is 258 g/mol. The minimum absolute atomic E-state index is 0.126. The number of carbonyl (C=O) groups excluding carboxylic acids is 1. The summed E-state index contributed by atoms with van der Waals surface area (Å²) in [7, 11) is -3.82. The molecule has 1 rings (SSSR count). The van der Waals surface area contributed by atoms with Crippen LogP contribution in [0.5, 0.6) is 0 Å². The van der Waals surface area contributed by atoms with Gasteiger partial charge in [-0.15, -0.1) is 0 Å². The second kappa shape index (κ2) is 6.35. The molecule has 1 aliphatic heterocycles. The topological polar surface area (TPSA) is 102 Å². The molecule has 18 heavy (non-hydrogen) atoms. The van der Waals surface area contributed by atoms with Gasteiger partial charge in [-0.25, -0.2) is 9.52 Å². The first-order valence-corrected chi connectivity index (χ1v) is 7.51. The first-order chi connectivity index (χ1) is 8.36. The number of nitrogens with zero attached hydrogens (tertiary/aromatic N) is 1. The molecule has 1 aliphatic rings. The molecule has 0 aromatic carbocycles. The molecule has 0 aliphatic carbocycles. The molecule has 0 bridgehead atoms.